The van der Waals surface area contributed by atoms with Gasteiger partial charge >= 0.3 is 5.69 Å². The van der Waals surface area contributed by atoms with E-state index in [0.29, 0.717) is 12.3 Å². The monoisotopic (exact) mass is 304 g/mol. The van der Waals surface area contributed by atoms with Crippen molar-refractivity contribution in [1.82, 2.24) is 4.90 Å². The van der Waals surface area contributed by atoms with Crippen LogP contribution >= 0.6 is 0 Å². The predicted molar refractivity (Wildman–Crippen MR) is 78.5 cm³/mol. The lowest BCUT2D eigenvalue weighted by Gasteiger charge is -2.16. The van der Waals surface area contributed by atoms with E-state index in [0.717, 1.165) is 5.56 Å². The highest BCUT2D eigenvalue weighted by Gasteiger charge is 2.18. The number of nitro benzene ring substituents is 1. The van der Waals surface area contributed by atoms with Gasteiger partial charge in [0.2, 0.25) is 0 Å². The van der Waals surface area contributed by atoms with Crippen LogP contribution < -0.4 is 4.74 Å². The highest BCUT2D eigenvalue weighted by Crippen LogP contribution is 2.27. The van der Waals surface area contributed by atoms with Gasteiger partial charge in [-0.25, -0.2) is 0 Å². The number of aryl methyl sites for hydroxylation is 1. The molecular weight excluding hydrogens is 288 g/mol. The molecule has 7 nitrogen and oxygen atoms in total. The van der Waals surface area contributed by atoms with Crippen LogP contribution in [0.5, 0.6) is 5.75 Å². The summed E-state index contributed by atoms with van der Waals surface area (Å²) in [7, 11) is 1.61. The quantitative estimate of drug-likeness (QED) is 0.604. The number of hydrogen-bond donors (Lipinski definition) is 0. The molecule has 0 unspecified atom stereocenters. The van der Waals surface area contributed by atoms with Gasteiger partial charge in [0, 0.05) is 13.1 Å². The van der Waals surface area contributed by atoms with Crippen LogP contribution in [0.3, 0.4) is 0 Å². The van der Waals surface area contributed by atoms with E-state index in [-0.39, 0.29) is 24.0 Å². The maximum atomic E-state index is 12.0. The van der Waals surface area contributed by atoms with E-state index < -0.39 is 4.92 Å². The molecule has 1 aromatic heterocycles. The van der Waals surface area contributed by atoms with Gasteiger partial charge in [-0.1, -0.05) is 6.07 Å². The molecule has 7 heteroatoms. The van der Waals surface area contributed by atoms with Gasteiger partial charge in [0.25, 0.3) is 5.91 Å². The van der Waals surface area contributed by atoms with Crippen LogP contribution in [-0.2, 0) is 11.3 Å². The third-order valence-electron chi connectivity index (χ3n) is 3.06. The van der Waals surface area contributed by atoms with Crippen molar-refractivity contribution in [3.8, 4) is 5.75 Å². The number of ether oxygens (including phenoxy) is 1. The molecule has 0 N–H and O–H groups in total. The second-order valence-corrected chi connectivity index (χ2v) is 4.85. The first-order valence-corrected chi connectivity index (χ1v) is 6.61. The fourth-order valence-electron chi connectivity index (χ4n) is 1.87. The smallest absolute Gasteiger partial charge is 0.311 e. The average Bonchev–Trinajstić information content (AvgIpc) is 2.98. The largest absolute Gasteiger partial charge is 0.477 e. The molecule has 0 aliphatic heterocycles. The van der Waals surface area contributed by atoms with E-state index in [2.05, 4.69) is 0 Å². The first-order chi connectivity index (χ1) is 10.5. The van der Waals surface area contributed by atoms with E-state index >= 15 is 0 Å². The third kappa shape index (κ3) is 3.85. The fourth-order valence-corrected chi connectivity index (χ4v) is 1.87. The number of nitrogens with zero attached hydrogens (tertiary/aromatic N) is 2. The van der Waals surface area contributed by atoms with Crippen molar-refractivity contribution in [3.63, 3.8) is 0 Å². The van der Waals surface area contributed by atoms with Crippen molar-refractivity contribution in [2.24, 2.45) is 0 Å². The zero-order valence-electron chi connectivity index (χ0n) is 12.3. The normalized spacial score (nSPS) is 10.3. The van der Waals surface area contributed by atoms with E-state index in [1.807, 2.05) is 0 Å². The molecule has 0 fully saturated rings. The molecule has 0 saturated heterocycles. The molecule has 0 aliphatic rings. The van der Waals surface area contributed by atoms with Crippen molar-refractivity contribution in [1.29, 1.82) is 0 Å². The van der Waals surface area contributed by atoms with Crippen LogP contribution in [0.4, 0.5) is 5.69 Å². The fraction of sp³-hybridized carbons (Fsp3) is 0.267. The topological polar surface area (TPSA) is 85.8 Å². The zero-order valence-corrected chi connectivity index (χ0v) is 12.3. The number of amides is 1. The maximum absolute atomic E-state index is 12.0. The zero-order chi connectivity index (χ0) is 16.1. The SMILES string of the molecule is Cc1ccc(OCC(=O)N(C)Cc2ccco2)c([N+](=O)[O-])c1. The Hall–Kier alpha value is -2.83. The summed E-state index contributed by atoms with van der Waals surface area (Å²) in [6.45, 7) is 1.78. The molecule has 0 spiro atoms. The van der Waals surface area contributed by atoms with Crippen LogP contribution in [0, 0.1) is 17.0 Å². The Morgan fingerprint density at radius 2 is 2.18 bits per heavy atom. The molecule has 0 aliphatic carbocycles. The van der Waals surface area contributed by atoms with E-state index in [1.54, 1.807) is 32.2 Å². The summed E-state index contributed by atoms with van der Waals surface area (Å²) in [4.78, 5) is 23.9. The molecular formula is C15H16N2O5. The number of hydrogen-bond acceptors (Lipinski definition) is 5. The molecule has 2 aromatic rings. The molecule has 0 atom stereocenters. The number of rotatable bonds is 6. The highest BCUT2D eigenvalue weighted by molar-refractivity contribution is 5.77. The first-order valence-electron chi connectivity index (χ1n) is 6.61. The van der Waals surface area contributed by atoms with Gasteiger partial charge in [-0.05, 0) is 30.7 Å². The summed E-state index contributed by atoms with van der Waals surface area (Å²) < 4.78 is 10.4. The first kappa shape index (κ1) is 15.6. The Balaban J connectivity index is 1.97. The van der Waals surface area contributed by atoms with Gasteiger partial charge in [0.1, 0.15) is 5.76 Å². The Labute approximate surface area is 127 Å². The number of carbonyl (C=O) groups excluding carboxylic acids is 1. The number of likely N-dealkylation sites (N-methyl/N-ethyl adjacent to an activating group) is 1. The molecule has 1 heterocycles. The molecule has 0 bridgehead atoms. The van der Waals surface area contributed by atoms with Gasteiger partial charge in [-0.3, -0.25) is 14.9 Å². The van der Waals surface area contributed by atoms with Gasteiger partial charge in [-0.15, -0.1) is 0 Å². The lowest BCUT2D eigenvalue weighted by Crippen LogP contribution is -2.30. The third-order valence-corrected chi connectivity index (χ3v) is 3.06. The Morgan fingerprint density at radius 3 is 2.82 bits per heavy atom. The highest BCUT2D eigenvalue weighted by atomic mass is 16.6. The Bertz CT molecular complexity index is 667. The summed E-state index contributed by atoms with van der Waals surface area (Å²) in [5.74, 6) is 0.429. The van der Waals surface area contributed by atoms with Crippen LogP contribution in [-0.4, -0.2) is 29.4 Å². The molecule has 2 rings (SSSR count). The minimum absolute atomic E-state index is 0.0790. The van der Waals surface area contributed by atoms with Crippen molar-refractivity contribution >= 4 is 11.6 Å². The maximum Gasteiger partial charge on any atom is 0.311 e. The average molecular weight is 304 g/mol. The second-order valence-electron chi connectivity index (χ2n) is 4.85. The molecule has 1 amide bonds. The molecule has 0 radical (unpaired) electrons. The Morgan fingerprint density at radius 1 is 1.41 bits per heavy atom. The van der Waals surface area contributed by atoms with E-state index in [1.165, 1.54) is 23.3 Å². The summed E-state index contributed by atoms with van der Waals surface area (Å²) in [6, 6.07) is 8.09. The van der Waals surface area contributed by atoms with Gasteiger partial charge in [-0.2, -0.15) is 0 Å². The minimum Gasteiger partial charge on any atom is -0.477 e. The lowest BCUT2D eigenvalue weighted by atomic mass is 10.2. The van der Waals surface area contributed by atoms with Crippen molar-refractivity contribution in [2.75, 3.05) is 13.7 Å². The van der Waals surface area contributed by atoms with Crippen molar-refractivity contribution < 1.29 is 18.9 Å². The number of benzene rings is 1. The van der Waals surface area contributed by atoms with E-state index in [4.69, 9.17) is 9.15 Å². The van der Waals surface area contributed by atoms with E-state index in [9.17, 15) is 14.9 Å². The lowest BCUT2D eigenvalue weighted by molar-refractivity contribution is -0.385. The number of carbonyl (C=O) groups is 1. The summed E-state index contributed by atoms with van der Waals surface area (Å²) >= 11 is 0. The number of nitro groups is 1. The second kappa shape index (κ2) is 6.75. The molecule has 116 valence electrons. The summed E-state index contributed by atoms with van der Waals surface area (Å²) in [5, 5.41) is 11.0. The van der Waals surface area contributed by atoms with Gasteiger partial charge in [0.05, 0.1) is 17.7 Å². The summed E-state index contributed by atoms with van der Waals surface area (Å²) in [5.41, 5.74) is 0.599. The van der Waals surface area contributed by atoms with Gasteiger partial charge in [0.15, 0.2) is 12.4 Å². The van der Waals surface area contributed by atoms with Gasteiger partial charge < -0.3 is 14.1 Å². The van der Waals surface area contributed by atoms with Crippen LogP contribution in [0.2, 0.25) is 0 Å². The van der Waals surface area contributed by atoms with Crippen molar-refractivity contribution in [2.45, 2.75) is 13.5 Å². The van der Waals surface area contributed by atoms with Crippen molar-refractivity contribution in [3.05, 3.63) is 58.0 Å². The number of furan rings is 1. The molecule has 22 heavy (non-hydrogen) atoms. The van der Waals surface area contributed by atoms with Crippen LogP contribution in [0.25, 0.3) is 0 Å². The standard InChI is InChI=1S/C15H16N2O5/c1-11-5-6-14(13(8-11)17(19)20)22-10-15(18)16(2)9-12-4-3-7-21-12/h3-8H,9-10H2,1-2H3. The van der Waals surface area contributed by atoms with Crippen LogP contribution in [0.15, 0.2) is 41.0 Å². The van der Waals surface area contributed by atoms with Crippen LogP contribution in [0.1, 0.15) is 11.3 Å². The predicted octanol–water partition coefficient (Wildman–Crippen LogP) is 2.53. The minimum atomic E-state index is -0.528. The Kier molecular flexibility index (Phi) is 4.77. The molecule has 0 saturated carbocycles. The summed E-state index contributed by atoms with van der Waals surface area (Å²) in [6.07, 6.45) is 1.53. The molecule has 1 aromatic carbocycles.